The van der Waals surface area contributed by atoms with Gasteiger partial charge in [0, 0.05) is 10.4 Å². The van der Waals surface area contributed by atoms with Crippen molar-refractivity contribution in [3.05, 3.63) is 34.9 Å². The lowest BCUT2D eigenvalue weighted by molar-refractivity contribution is -0.150. The summed E-state index contributed by atoms with van der Waals surface area (Å²) in [6.45, 7) is 0. The van der Waals surface area contributed by atoms with Gasteiger partial charge in [0.25, 0.3) is 0 Å². The Labute approximate surface area is 99.2 Å². The van der Waals surface area contributed by atoms with Crippen LogP contribution >= 0.6 is 11.6 Å². The number of rotatable bonds is 2. The Morgan fingerprint density at radius 3 is 2.62 bits per heavy atom. The molecule has 16 heavy (non-hydrogen) atoms. The van der Waals surface area contributed by atoms with Gasteiger partial charge < -0.3 is 5.11 Å². The summed E-state index contributed by atoms with van der Waals surface area (Å²) in [5.74, 6) is -0.412. The van der Waals surface area contributed by atoms with Crippen LogP contribution in [0.3, 0.4) is 0 Å². The fourth-order valence-corrected chi connectivity index (χ4v) is 3.76. The van der Waals surface area contributed by atoms with Crippen molar-refractivity contribution >= 4 is 17.6 Å². The zero-order chi connectivity index (χ0) is 11.3. The molecule has 0 heterocycles. The monoisotopic (exact) mass is 236 g/mol. The summed E-state index contributed by atoms with van der Waals surface area (Å²) >= 11 is 5.86. The van der Waals surface area contributed by atoms with Crippen molar-refractivity contribution in [1.29, 1.82) is 0 Å². The van der Waals surface area contributed by atoms with Crippen LogP contribution in [0.1, 0.15) is 24.8 Å². The predicted octanol–water partition coefficient (Wildman–Crippen LogP) is 3.09. The number of aliphatic carboxylic acids is 1. The molecule has 1 aromatic carbocycles. The Morgan fingerprint density at radius 1 is 1.38 bits per heavy atom. The van der Waals surface area contributed by atoms with Crippen molar-refractivity contribution in [2.75, 3.05) is 0 Å². The normalized spacial score (nSPS) is 35.8. The summed E-state index contributed by atoms with van der Waals surface area (Å²) in [4.78, 5) is 11.3. The molecule has 3 heteroatoms. The molecular weight excluding hydrogens is 224 g/mol. The minimum absolute atomic E-state index is 0.0961. The first kappa shape index (κ1) is 10.2. The quantitative estimate of drug-likeness (QED) is 0.857. The van der Waals surface area contributed by atoms with Gasteiger partial charge >= 0.3 is 5.97 Å². The van der Waals surface area contributed by atoms with Crippen molar-refractivity contribution in [3.63, 3.8) is 0 Å². The van der Waals surface area contributed by atoms with E-state index in [1.165, 1.54) is 0 Å². The summed E-state index contributed by atoms with van der Waals surface area (Å²) in [5, 5.41) is 9.98. The van der Waals surface area contributed by atoms with Gasteiger partial charge in [0.15, 0.2) is 0 Å². The van der Waals surface area contributed by atoms with Gasteiger partial charge in [0.05, 0.1) is 5.92 Å². The van der Waals surface area contributed by atoms with Gasteiger partial charge in [0.1, 0.15) is 0 Å². The maximum absolute atomic E-state index is 11.3. The lowest BCUT2D eigenvalue weighted by Gasteiger charge is -2.45. The van der Waals surface area contributed by atoms with E-state index >= 15 is 0 Å². The maximum atomic E-state index is 11.3. The molecule has 3 aliphatic rings. The molecule has 4 rings (SSSR count). The van der Waals surface area contributed by atoms with E-state index in [0.717, 1.165) is 24.8 Å². The second kappa shape index (κ2) is 3.24. The van der Waals surface area contributed by atoms with Crippen LogP contribution in [0.2, 0.25) is 5.02 Å². The van der Waals surface area contributed by atoms with Crippen LogP contribution in [0.5, 0.6) is 0 Å². The highest BCUT2D eigenvalue weighted by atomic mass is 35.5. The first-order chi connectivity index (χ1) is 7.63. The Bertz CT molecular complexity index is 436. The van der Waals surface area contributed by atoms with Crippen LogP contribution in [0, 0.1) is 11.8 Å². The number of carbonyl (C=O) groups is 1. The minimum atomic E-state index is -0.635. The van der Waals surface area contributed by atoms with E-state index in [9.17, 15) is 9.90 Å². The fraction of sp³-hybridized carbons (Fsp3) is 0.462. The molecule has 0 aliphatic heterocycles. The number of benzene rings is 1. The SMILES string of the molecule is O=C(O)[C@H]1[C@H]2CC[C@]1(c1ccc(Cl)cc1)C2. The van der Waals surface area contributed by atoms with Crippen LogP contribution in [-0.2, 0) is 10.2 Å². The average molecular weight is 237 g/mol. The standard InChI is InChI=1S/C13H13ClO2/c14-10-3-1-9(2-4-10)13-6-5-8(7-13)11(13)12(15)16/h1-4,8,11H,5-7H2,(H,15,16)/t8-,11+,13+/m0/s1. The van der Waals surface area contributed by atoms with E-state index in [0.29, 0.717) is 10.9 Å². The first-order valence-electron chi connectivity index (χ1n) is 5.62. The van der Waals surface area contributed by atoms with Gasteiger partial charge in [0.2, 0.25) is 0 Å². The maximum Gasteiger partial charge on any atom is 0.307 e. The van der Waals surface area contributed by atoms with E-state index in [1.807, 2.05) is 24.3 Å². The largest absolute Gasteiger partial charge is 0.481 e. The van der Waals surface area contributed by atoms with Crippen LogP contribution in [0.15, 0.2) is 24.3 Å². The minimum Gasteiger partial charge on any atom is -0.481 e. The fourth-order valence-electron chi connectivity index (χ4n) is 3.63. The third-order valence-electron chi connectivity index (χ3n) is 4.34. The van der Waals surface area contributed by atoms with Crippen LogP contribution in [0.25, 0.3) is 0 Å². The molecule has 0 radical (unpaired) electrons. The highest BCUT2D eigenvalue weighted by Crippen LogP contribution is 2.63. The average Bonchev–Trinajstić information content (AvgIpc) is 2.76. The highest BCUT2D eigenvalue weighted by molar-refractivity contribution is 6.30. The third-order valence-corrected chi connectivity index (χ3v) is 4.59. The van der Waals surface area contributed by atoms with E-state index < -0.39 is 5.97 Å². The third kappa shape index (κ3) is 1.17. The van der Waals surface area contributed by atoms with Crippen molar-refractivity contribution in [2.24, 2.45) is 11.8 Å². The van der Waals surface area contributed by atoms with Crippen LogP contribution < -0.4 is 0 Å². The molecule has 0 amide bonds. The molecule has 0 saturated heterocycles. The van der Waals surface area contributed by atoms with Gasteiger partial charge in [-0.15, -0.1) is 0 Å². The number of hydrogen-bond donors (Lipinski definition) is 1. The highest BCUT2D eigenvalue weighted by Gasteiger charge is 2.62. The second-order valence-corrected chi connectivity index (χ2v) is 5.42. The van der Waals surface area contributed by atoms with Gasteiger partial charge in [-0.05, 0) is 42.9 Å². The molecule has 3 aliphatic carbocycles. The number of carboxylic acid groups (broad SMARTS) is 1. The van der Waals surface area contributed by atoms with Crippen LogP contribution in [0.4, 0.5) is 0 Å². The summed E-state index contributed by atoms with van der Waals surface area (Å²) in [6.07, 6.45) is 3.10. The zero-order valence-corrected chi connectivity index (χ0v) is 9.57. The number of fused-ring (bicyclic) bond motifs is 1. The lowest BCUT2D eigenvalue weighted by atomic mass is 9.57. The van der Waals surface area contributed by atoms with E-state index in [-0.39, 0.29) is 11.3 Å². The van der Waals surface area contributed by atoms with Crippen molar-refractivity contribution < 1.29 is 9.90 Å². The van der Waals surface area contributed by atoms with Gasteiger partial charge in [-0.3, -0.25) is 4.79 Å². The van der Waals surface area contributed by atoms with Crippen molar-refractivity contribution in [3.8, 4) is 0 Å². The summed E-state index contributed by atoms with van der Waals surface area (Å²) in [7, 11) is 0. The molecule has 3 fully saturated rings. The Morgan fingerprint density at radius 2 is 2.06 bits per heavy atom. The van der Waals surface area contributed by atoms with Crippen molar-refractivity contribution in [1.82, 2.24) is 0 Å². The van der Waals surface area contributed by atoms with E-state index in [4.69, 9.17) is 11.6 Å². The molecule has 1 aromatic rings. The molecule has 3 saturated carbocycles. The second-order valence-electron chi connectivity index (χ2n) is 4.98. The van der Waals surface area contributed by atoms with Gasteiger partial charge in [-0.25, -0.2) is 0 Å². The summed E-state index contributed by atoms with van der Waals surface area (Å²) < 4.78 is 0. The first-order valence-corrected chi connectivity index (χ1v) is 6.00. The smallest absolute Gasteiger partial charge is 0.307 e. The Hall–Kier alpha value is -1.02. The summed E-state index contributed by atoms with van der Waals surface area (Å²) in [5.41, 5.74) is 1.05. The summed E-state index contributed by atoms with van der Waals surface area (Å²) in [6, 6.07) is 7.69. The van der Waals surface area contributed by atoms with Crippen molar-refractivity contribution in [2.45, 2.75) is 24.7 Å². The topological polar surface area (TPSA) is 37.3 Å². The molecule has 84 valence electrons. The lowest BCUT2D eigenvalue weighted by Crippen LogP contribution is -2.48. The number of carboxylic acids is 1. The molecule has 0 spiro atoms. The predicted molar refractivity (Wildman–Crippen MR) is 61.6 cm³/mol. The Kier molecular flexibility index (Phi) is 2.05. The molecule has 2 nitrogen and oxygen atoms in total. The van der Waals surface area contributed by atoms with Crippen LogP contribution in [-0.4, -0.2) is 11.1 Å². The van der Waals surface area contributed by atoms with E-state index in [2.05, 4.69) is 0 Å². The zero-order valence-electron chi connectivity index (χ0n) is 8.82. The molecule has 0 unspecified atom stereocenters. The number of halogens is 1. The molecular formula is C13H13ClO2. The Balaban J connectivity index is 2.00. The molecule has 0 aromatic heterocycles. The van der Waals surface area contributed by atoms with E-state index in [1.54, 1.807) is 0 Å². The molecule has 2 bridgehead atoms. The number of hydrogen-bond acceptors (Lipinski definition) is 1. The molecule has 3 atom stereocenters. The van der Waals surface area contributed by atoms with Gasteiger partial charge in [-0.1, -0.05) is 23.7 Å². The molecule has 1 N–H and O–H groups in total. The van der Waals surface area contributed by atoms with Gasteiger partial charge in [-0.2, -0.15) is 0 Å².